The molecule has 2 aromatic rings. The van der Waals surface area contributed by atoms with E-state index in [0.29, 0.717) is 12.5 Å². The number of aromatic nitrogens is 1. The molecule has 5 heteroatoms. The highest BCUT2D eigenvalue weighted by Crippen LogP contribution is 2.31. The van der Waals surface area contributed by atoms with Gasteiger partial charge < -0.3 is 9.42 Å². The van der Waals surface area contributed by atoms with Crippen molar-refractivity contribution >= 4 is 5.91 Å². The Hall–Kier alpha value is -2.17. The van der Waals surface area contributed by atoms with Crippen LogP contribution in [0.25, 0.3) is 0 Å². The van der Waals surface area contributed by atoms with Gasteiger partial charge in [0.2, 0.25) is 5.76 Å². The van der Waals surface area contributed by atoms with Gasteiger partial charge in [-0.05, 0) is 42.9 Å². The zero-order chi connectivity index (χ0) is 17.8. The fourth-order valence-electron chi connectivity index (χ4n) is 3.48. The van der Waals surface area contributed by atoms with Crippen molar-refractivity contribution < 1.29 is 13.7 Å². The number of nitrogens with zero attached hydrogens (tertiary/aromatic N) is 2. The summed E-state index contributed by atoms with van der Waals surface area (Å²) in [6.07, 6.45) is 4.67. The first-order valence-electron chi connectivity index (χ1n) is 9.06. The Morgan fingerprint density at radius 2 is 2.16 bits per heavy atom. The maximum absolute atomic E-state index is 13.7. The minimum Gasteiger partial charge on any atom is -0.351 e. The van der Waals surface area contributed by atoms with Crippen molar-refractivity contribution in [1.82, 2.24) is 10.1 Å². The van der Waals surface area contributed by atoms with E-state index in [2.05, 4.69) is 19.0 Å². The molecule has 134 valence electrons. The summed E-state index contributed by atoms with van der Waals surface area (Å²) in [7, 11) is 0. The summed E-state index contributed by atoms with van der Waals surface area (Å²) in [5, 5.41) is 4.03. The van der Waals surface area contributed by atoms with Crippen LogP contribution in [-0.2, 0) is 6.42 Å². The minimum atomic E-state index is -0.270. The van der Waals surface area contributed by atoms with Gasteiger partial charge >= 0.3 is 0 Å². The molecule has 1 aromatic carbocycles. The zero-order valence-electron chi connectivity index (χ0n) is 14.9. The van der Waals surface area contributed by atoms with Crippen molar-refractivity contribution in [2.75, 3.05) is 6.54 Å². The van der Waals surface area contributed by atoms with Gasteiger partial charge in [0, 0.05) is 12.6 Å². The molecule has 0 bridgehead atoms. The van der Waals surface area contributed by atoms with Crippen LogP contribution in [0.3, 0.4) is 0 Å². The molecule has 0 aliphatic carbocycles. The molecule has 1 amide bonds. The van der Waals surface area contributed by atoms with E-state index in [1.807, 2.05) is 11.0 Å². The first kappa shape index (κ1) is 17.6. The number of amides is 1. The number of hydrogen-bond donors (Lipinski definition) is 0. The van der Waals surface area contributed by atoms with E-state index in [0.717, 1.165) is 43.4 Å². The lowest BCUT2D eigenvalue weighted by atomic mass is 10.0. The van der Waals surface area contributed by atoms with Crippen LogP contribution >= 0.6 is 0 Å². The molecule has 2 heterocycles. The summed E-state index contributed by atoms with van der Waals surface area (Å²) in [4.78, 5) is 14.8. The van der Waals surface area contributed by atoms with E-state index in [1.54, 1.807) is 12.1 Å². The third-order valence-corrected chi connectivity index (χ3v) is 4.63. The monoisotopic (exact) mass is 344 g/mol. The fourth-order valence-corrected chi connectivity index (χ4v) is 3.48. The molecule has 3 rings (SSSR count). The van der Waals surface area contributed by atoms with Gasteiger partial charge in [-0.2, -0.15) is 0 Å². The molecule has 4 nitrogen and oxygen atoms in total. The van der Waals surface area contributed by atoms with Crippen molar-refractivity contribution in [2.24, 2.45) is 5.92 Å². The first-order chi connectivity index (χ1) is 12.0. The van der Waals surface area contributed by atoms with E-state index in [4.69, 9.17) is 4.52 Å². The van der Waals surface area contributed by atoms with Crippen LogP contribution in [-0.4, -0.2) is 22.5 Å². The van der Waals surface area contributed by atoms with Crippen molar-refractivity contribution in [3.8, 4) is 0 Å². The Morgan fingerprint density at radius 3 is 2.92 bits per heavy atom. The highest BCUT2D eigenvalue weighted by Gasteiger charge is 2.30. The summed E-state index contributed by atoms with van der Waals surface area (Å²) in [5.41, 5.74) is 1.65. The Bertz CT molecular complexity index is 726. The topological polar surface area (TPSA) is 46.3 Å². The van der Waals surface area contributed by atoms with Gasteiger partial charge in [0.05, 0.1) is 11.7 Å². The average molecular weight is 344 g/mol. The third-order valence-electron chi connectivity index (χ3n) is 4.63. The molecule has 1 aromatic heterocycles. The number of hydrogen-bond acceptors (Lipinski definition) is 3. The Morgan fingerprint density at radius 1 is 1.32 bits per heavy atom. The van der Waals surface area contributed by atoms with Crippen LogP contribution in [0.2, 0.25) is 0 Å². The van der Waals surface area contributed by atoms with E-state index in [-0.39, 0.29) is 23.5 Å². The van der Waals surface area contributed by atoms with Gasteiger partial charge in [-0.1, -0.05) is 44.0 Å². The van der Waals surface area contributed by atoms with Crippen LogP contribution in [0.4, 0.5) is 4.39 Å². The SMILES string of the molecule is CC(C)Cc1cc(C(=O)N2CCCCCC2c2cccc(F)c2)on1. The van der Waals surface area contributed by atoms with Crippen molar-refractivity contribution in [3.63, 3.8) is 0 Å². The van der Waals surface area contributed by atoms with Crippen LogP contribution in [0.5, 0.6) is 0 Å². The fraction of sp³-hybridized carbons (Fsp3) is 0.500. The molecule has 1 aliphatic rings. The number of carbonyl (C=O) groups excluding carboxylic acids is 1. The molecule has 1 fully saturated rings. The summed E-state index contributed by atoms with van der Waals surface area (Å²) >= 11 is 0. The molecule has 1 unspecified atom stereocenters. The molecular formula is C20H25FN2O2. The minimum absolute atomic E-state index is 0.121. The summed E-state index contributed by atoms with van der Waals surface area (Å²) in [6.45, 7) is 4.86. The van der Waals surface area contributed by atoms with Gasteiger partial charge in [-0.15, -0.1) is 0 Å². The number of likely N-dealkylation sites (tertiary alicyclic amines) is 1. The second-order valence-electron chi connectivity index (χ2n) is 7.20. The molecular weight excluding hydrogens is 319 g/mol. The van der Waals surface area contributed by atoms with Gasteiger partial charge in [-0.3, -0.25) is 4.79 Å². The molecule has 1 saturated heterocycles. The second-order valence-corrected chi connectivity index (χ2v) is 7.20. The van der Waals surface area contributed by atoms with Crippen molar-refractivity contribution in [3.05, 3.63) is 53.2 Å². The highest BCUT2D eigenvalue weighted by molar-refractivity contribution is 5.91. The maximum Gasteiger partial charge on any atom is 0.292 e. The lowest BCUT2D eigenvalue weighted by Crippen LogP contribution is -2.34. The lowest BCUT2D eigenvalue weighted by Gasteiger charge is -2.29. The van der Waals surface area contributed by atoms with E-state index < -0.39 is 0 Å². The number of carbonyl (C=O) groups is 1. The smallest absolute Gasteiger partial charge is 0.292 e. The predicted octanol–water partition coefficient (Wildman–Crippen LogP) is 4.77. The van der Waals surface area contributed by atoms with Crippen LogP contribution in [0, 0.1) is 11.7 Å². The van der Waals surface area contributed by atoms with Crippen molar-refractivity contribution in [2.45, 2.75) is 52.0 Å². The van der Waals surface area contributed by atoms with Gasteiger partial charge in [0.1, 0.15) is 5.82 Å². The largest absolute Gasteiger partial charge is 0.351 e. The van der Waals surface area contributed by atoms with Crippen LogP contribution < -0.4 is 0 Å². The van der Waals surface area contributed by atoms with E-state index in [9.17, 15) is 9.18 Å². The highest BCUT2D eigenvalue weighted by atomic mass is 19.1. The lowest BCUT2D eigenvalue weighted by molar-refractivity contribution is 0.0638. The van der Waals surface area contributed by atoms with Crippen LogP contribution in [0.1, 0.15) is 67.4 Å². The number of rotatable bonds is 4. The van der Waals surface area contributed by atoms with Crippen molar-refractivity contribution in [1.29, 1.82) is 0 Å². The molecule has 1 atom stereocenters. The molecule has 0 N–H and O–H groups in total. The molecule has 0 spiro atoms. The summed E-state index contributed by atoms with van der Waals surface area (Å²) in [6, 6.07) is 8.18. The molecule has 0 radical (unpaired) electrons. The Balaban J connectivity index is 1.85. The Kier molecular flexibility index (Phi) is 5.51. The van der Waals surface area contributed by atoms with Crippen LogP contribution in [0.15, 0.2) is 34.9 Å². The Labute approximate surface area is 148 Å². The van der Waals surface area contributed by atoms with Gasteiger partial charge in [0.15, 0.2) is 0 Å². The first-order valence-corrected chi connectivity index (χ1v) is 9.06. The van der Waals surface area contributed by atoms with Gasteiger partial charge in [0.25, 0.3) is 5.91 Å². The molecule has 25 heavy (non-hydrogen) atoms. The molecule has 1 aliphatic heterocycles. The predicted molar refractivity (Wildman–Crippen MR) is 93.7 cm³/mol. The summed E-state index contributed by atoms with van der Waals surface area (Å²) in [5.74, 6) is 0.303. The van der Waals surface area contributed by atoms with Gasteiger partial charge in [-0.25, -0.2) is 4.39 Å². The maximum atomic E-state index is 13.7. The zero-order valence-corrected chi connectivity index (χ0v) is 14.9. The molecule has 0 saturated carbocycles. The normalized spacial score (nSPS) is 18.4. The quantitative estimate of drug-likeness (QED) is 0.802. The average Bonchev–Trinajstić information content (AvgIpc) is 2.89. The van der Waals surface area contributed by atoms with E-state index >= 15 is 0 Å². The summed E-state index contributed by atoms with van der Waals surface area (Å²) < 4.78 is 19.0. The standard InChI is InChI=1S/C20H25FN2O2/c1-14(2)11-17-13-19(25-22-17)20(24)23-10-5-3-4-9-18(23)15-7-6-8-16(21)12-15/h6-8,12-14,18H,3-5,9-11H2,1-2H3. The number of halogens is 1. The second kappa shape index (κ2) is 7.81. The number of benzene rings is 1. The van der Waals surface area contributed by atoms with E-state index in [1.165, 1.54) is 12.1 Å². The third kappa shape index (κ3) is 4.27.